The number of hydrogen-bond acceptors (Lipinski definition) is 3. The second-order valence-electron chi connectivity index (χ2n) is 23.1. The van der Waals surface area contributed by atoms with Gasteiger partial charge in [0.25, 0.3) is 0 Å². The van der Waals surface area contributed by atoms with Gasteiger partial charge in [0, 0.05) is 22.3 Å². The quantitative estimate of drug-likeness (QED) is 0.0544. The van der Waals surface area contributed by atoms with Gasteiger partial charge >= 0.3 is 7.82 Å². The molecule has 4 nitrogen and oxygen atoms in total. The molecule has 1 heterocycles. The lowest BCUT2D eigenvalue weighted by Crippen LogP contribution is -2.06. The molecule has 6 aromatic rings. The molecule has 0 saturated carbocycles. The van der Waals surface area contributed by atoms with Crippen molar-refractivity contribution in [3.8, 4) is 44.9 Å². The molecule has 6 aromatic carbocycles. The highest BCUT2D eigenvalue weighted by Gasteiger charge is 2.39. The molecule has 382 valence electrons. The van der Waals surface area contributed by atoms with Gasteiger partial charge < -0.3 is 9.05 Å². The smallest absolute Gasteiger partial charge is 0.394 e. The van der Waals surface area contributed by atoms with Gasteiger partial charge in [-0.2, -0.15) is 0 Å². The molecule has 0 bridgehead atoms. The zero-order chi connectivity index (χ0) is 51.3. The van der Waals surface area contributed by atoms with Crippen molar-refractivity contribution in [1.82, 2.24) is 0 Å². The normalized spacial score (nSPS) is 13.5. The van der Waals surface area contributed by atoms with Crippen molar-refractivity contribution >= 4 is 29.4 Å². The molecular weight excluding hydrogens is 888 g/mol. The Bertz CT molecular complexity index is 2610. The first kappa shape index (κ1) is 54.4. The summed E-state index contributed by atoms with van der Waals surface area (Å²) in [7, 11) is -4.82. The van der Waals surface area contributed by atoms with Crippen molar-refractivity contribution in [2.24, 2.45) is 0 Å². The highest BCUT2D eigenvalue weighted by Crippen LogP contribution is 2.63. The summed E-state index contributed by atoms with van der Waals surface area (Å²) < 4.78 is 28.7. The minimum absolute atomic E-state index is 0.178. The molecule has 71 heavy (non-hydrogen) atoms. The molecule has 1 aliphatic rings. The molecule has 0 unspecified atom stereocenters. The first-order valence-electron chi connectivity index (χ1n) is 28.1. The van der Waals surface area contributed by atoms with Crippen LogP contribution < -0.4 is 9.05 Å². The van der Waals surface area contributed by atoms with E-state index in [9.17, 15) is 4.89 Å². The molecule has 0 saturated heterocycles. The summed E-state index contributed by atoms with van der Waals surface area (Å²) in [4.78, 5) is 12.4. The molecule has 0 radical (unpaired) electrons. The predicted molar refractivity (Wildman–Crippen MR) is 308 cm³/mol. The van der Waals surface area contributed by atoms with Crippen LogP contribution >= 0.6 is 7.82 Å². The van der Waals surface area contributed by atoms with Gasteiger partial charge in [-0.05, 0) is 151 Å². The Balaban J connectivity index is 1.64. The summed E-state index contributed by atoms with van der Waals surface area (Å²) in [5, 5.41) is 4.20. The van der Waals surface area contributed by atoms with Crippen molar-refractivity contribution in [3.05, 3.63) is 117 Å². The minimum Gasteiger partial charge on any atom is -0.394 e. The maximum absolute atomic E-state index is 15.2. The van der Waals surface area contributed by atoms with E-state index in [1.807, 2.05) is 0 Å². The van der Waals surface area contributed by atoms with Crippen LogP contribution in [0.5, 0.6) is 11.5 Å². The van der Waals surface area contributed by atoms with Crippen molar-refractivity contribution in [2.45, 2.75) is 222 Å². The molecule has 5 heteroatoms. The Hall–Kier alpha value is -4.37. The first-order chi connectivity index (χ1) is 33.8. The zero-order valence-corrected chi connectivity index (χ0v) is 47.3. The van der Waals surface area contributed by atoms with Crippen molar-refractivity contribution in [3.63, 3.8) is 0 Å². The third-order valence-electron chi connectivity index (χ3n) is 15.4. The van der Waals surface area contributed by atoms with E-state index in [-0.39, 0.29) is 23.7 Å². The third-order valence-corrected chi connectivity index (χ3v) is 16.2. The summed E-state index contributed by atoms with van der Waals surface area (Å²) in [5.74, 6) is 2.23. The van der Waals surface area contributed by atoms with E-state index in [0.29, 0.717) is 23.3 Å². The third kappa shape index (κ3) is 12.2. The van der Waals surface area contributed by atoms with E-state index in [4.69, 9.17) is 9.05 Å². The van der Waals surface area contributed by atoms with Crippen LogP contribution in [0.25, 0.3) is 54.9 Å². The van der Waals surface area contributed by atoms with E-state index in [0.717, 1.165) is 80.6 Å². The maximum atomic E-state index is 15.2. The number of fused-ring (bicyclic) bond motifs is 7. The fourth-order valence-electron chi connectivity index (χ4n) is 11.2. The lowest BCUT2D eigenvalue weighted by Gasteiger charge is -2.26. The molecular formula is C66H89O4P. The van der Waals surface area contributed by atoms with Gasteiger partial charge in [0.05, 0.1) is 0 Å². The van der Waals surface area contributed by atoms with Crippen LogP contribution in [0.15, 0.2) is 72.8 Å². The fraction of sp³-hybridized carbons (Fsp3) is 0.515. The highest BCUT2D eigenvalue weighted by molar-refractivity contribution is 7.48. The van der Waals surface area contributed by atoms with Crippen molar-refractivity contribution < 1.29 is 18.5 Å². The van der Waals surface area contributed by atoms with Gasteiger partial charge in [-0.25, -0.2) is 4.57 Å². The van der Waals surface area contributed by atoms with Crippen LogP contribution in [0.4, 0.5) is 0 Å². The van der Waals surface area contributed by atoms with Crippen LogP contribution in [0.3, 0.4) is 0 Å². The maximum Gasteiger partial charge on any atom is 0.584 e. The second kappa shape index (κ2) is 23.7. The number of phosphoric acid groups is 1. The summed E-state index contributed by atoms with van der Waals surface area (Å²) in [5.41, 5.74) is 15.7. The van der Waals surface area contributed by atoms with Gasteiger partial charge in [-0.1, -0.05) is 222 Å². The fourth-order valence-corrected chi connectivity index (χ4v) is 12.1. The standard InChI is InChI=1S/C66H89O4P/c1-15-17-19-21-23-25-27-47-29-31-53-51(33-47)39-59(61-55(43(7)8)35-49(41(3)4)36-56(61)44(9)10)65-63(53)64-54-32-30-48(28-26-24-22-20-18-16-2)34-52(54)40-60(66(64)70-71(67,68)69-65)62-57(45(11)12)37-50(42(5)6)38-58(62)46(13)14/h29-46H,15-28H2,1-14H3,(H,67,68). The number of unbranched alkanes of at least 4 members (excludes halogenated alkanes) is 10. The summed E-state index contributed by atoms with van der Waals surface area (Å²) in [6.07, 6.45) is 17.0. The largest absolute Gasteiger partial charge is 0.584 e. The van der Waals surface area contributed by atoms with Crippen LogP contribution in [-0.2, 0) is 17.4 Å². The predicted octanol–water partition coefficient (Wildman–Crippen LogP) is 21.4. The van der Waals surface area contributed by atoms with Crippen LogP contribution in [0, 0.1) is 0 Å². The molecule has 0 aromatic heterocycles. The summed E-state index contributed by atoms with van der Waals surface area (Å²) in [6.45, 7) is 31.8. The summed E-state index contributed by atoms with van der Waals surface area (Å²) >= 11 is 0. The highest BCUT2D eigenvalue weighted by atomic mass is 31.2. The van der Waals surface area contributed by atoms with Crippen molar-refractivity contribution in [1.29, 1.82) is 0 Å². The van der Waals surface area contributed by atoms with E-state index < -0.39 is 7.82 Å². The van der Waals surface area contributed by atoms with E-state index >= 15 is 4.57 Å². The molecule has 0 atom stereocenters. The van der Waals surface area contributed by atoms with E-state index in [2.05, 4.69) is 170 Å². The molecule has 1 aliphatic heterocycles. The zero-order valence-electron chi connectivity index (χ0n) is 46.4. The Labute approximate surface area is 430 Å². The number of phosphoric ester groups is 1. The Kier molecular flexibility index (Phi) is 18.1. The van der Waals surface area contributed by atoms with Gasteiger partial charge in [0.2, 0.25) is 0 Å². The van der Waals surface area contributed by atoms with Gasteiger partial charge in [0.15, 0.2) is 0 Å². The average molecular weight is 977 g/mol. The number of benzene rings is 6. The Morgan fingerprint density at radius 1 is 0.408 bits per heavy atom. The lowest BCUT2D eigenvalue weighted by molar-refractivity contribution is 0.295. The molecule has 1 N–H and O–H groups in total. The number of hydrogen-bond donors (Lipinski definition) is 1. The molecule has 0 fully saturated rings. The van der Waals surface area contributed by atoms with Gasteiger partial charge in [-0.15, -0.1) is 0 Å². The van der Waals surface area contributed by atoms with Crippen LogP contribution in [0.1, 0.15) is 254 Å². The van der Waals surface area contributed by atoms with Gasteiger partial charge in [-0.3, -0.25) is 4.89 Å². The molecule has 7 rings (SSSR count). The monoisotopic (exact) mass is 977 g/mol. The van der Waals surface area contributed by atoms with Crippen molar-refractivity contribution in [2.75, 3.05) is 0 Å². The SMILES string of the molecule is CCCCCCCCc1ccc2c3c(c(-c4c(C(C)C)cc(C(C)C)cc4C(C)C)cc2c1)OP(=O)(O)Oc1c(-c2c(C(C)C)cc(C(C)C)cc2C(C)C)cc2cc(CCCCCCCC)ccc2c1-3. The molecule has 0 spiro atoms. The summed E-state index contributed by atoms with van der Waals surface area (Å²) in [6, 6.07) is 28.0. The topological polar surface area (TPSA) is 55.8 Å². The van der Waals surface area contributed by atoms with Gasteiger partial charge in [0.1, 0.15) is 11.5 Å². The lowest BCUT2D eigenvalue weighted by atomic mass is 9.78. The first-order valence-corrected chi connectivity index (χ1v) is 29.6. The Morgan fingerprint density at radius 2 is 0.732 bits per heavy atom. The van der Waals surface area contributed by atoms with E-state index in [1.165, 1.54) is 109 Å². The second-order valence-corrected chi connectivity index (χ2v) is 24.4. The average Bonchev–Trinajstić information content (AvgIpc) is 3.45. The van der Waals surface area contributed by atoms with E-state index in [1.54, 1.807) is 0 Å². The Morgan fingerprint density at radius 3 is 1.04 bits per heavy atom. The number of aryl methyl sites for hydroxylation is 2. The number of rotatable bonds is 22. The van der Waals surface area contributed by atoms with Crippen LogP contribution in [-0.4, -0.2) is 4.89 Å². The molecule has 0 aliphatic carbocycles. The van der Waals surface area contributed by atoms with Crippen LogP contribution in [0.2, 0.25) is 0 Å². The minimum atomic E-state index is -4.82. The molecule has 0 amide bonds.